The predicted octanol–water partition coefficient (Wildman–Crippen LogP) is 2.37. The summed E-state index contributed by atoms with van der Waals surface area (Å²) in [7, 11) is 0. The van der Waals surface area contributed by atoms with Crippen LogP contribution in [0, 0.1) is 23.7 Å². The Labute approximate surface area is 96.5 Å². The third kappa shape index (κ3) is 2.06. The van der Waals surface area contributed by atoms with E-state index in [2.05, 4.69) is 29.9 Å². The van der Waals surface area contributed by atoms with Gasteiger partial charge in [0, 0.05) is 11.4 Å². The van der Waals surface area contributed by atoms with Gasteiger partial charge in [0.25, 0.3) is 0 Å². The monoisotopic (exact) mass is 215 g/mol. The van der Waals surface area contributed by atoms with Gasteiger partial charge in [-0.1, -0.05) is 13.8 Å². The lowest BCUT2D eigenvalue weighted by molar-refractivity contribution is 0.310. The van der Waals surface area contributed by atoms with E-state index in [1.165, 1.54) is 12.0 Å². The van der Waals surface area contributed by atoms with E-state index >= 15 is 0 Å². The quantitative estimate of drug-likeness (QED) is 0.722. The zero-order chi connectivity index (χ0) is 11.8. The molecule has 0 spiro atoms. The molecule has 0 fully saturated rings. The van der Waals surface area contributed by atoms with Gasteiger partial charge in [-0.3, -0.25) is 0 Å². The Morgan fingerprint density at radius 1 is 1.38 bits per heavy atom. The first-order chi connectivity index (χ1) is 7.52. The molecule has 0 aromatic carbocycles. The molecule has 3 heteroatoms. The van der Waals surface area contributed by atoms with Crippen molar-refractivity contribution < 1.29 is 0 Å². The van der Waals surface area contributed by atoms with Crippen LogP contribution in [0.25, 0.3) is 0 Å². The summed E-state index contributed by atoms with van der Waals surface area (Å²) in [6, 6.07) is 2.11. The maximum Gasteiger partial charge on any atom is 0.142 e. The maximum atomic E-state index is 8.67. The fourth-order valence-electron chi connectivity index (χ4n) is 2.33. The lowest BCUT2D eigenvalue weighted by atomic mass is 9.75. The summed E-state index contributed by atoms with van der Waals surface area (Å²) in [5, 5.41) is 8.67. The van der Waals surface area contributed by atoms with Crippen LogP contribution in [0.5, 0.6) is 0 Å². The third-order valence-corrected chi connectivity index (χ3v) is 3.28. The van der Waals surface area contributed by atoms with Crippen LogP contribution >= 0.6 is 0 Å². The molecule has 0 bridgehead atoms. The zero-order valence-corrected chi connectivity index (χ0v) is 10.2. The molecule has 16 heavy (non-hydrogen) atoms. The average Bonchev–Trinajstić information content (AvgIpc) is 2.19. The fraction of sp³-hybridized carbons (Fsp3) is 0.615. The van der Waals surface area contributed by atoms with Crippen molar-refractivity contribution in [1.29, 1.82) is 5.26 Å². The Balaban J connectivity index is 2.41. The van der Waals surface area contributed by atoms with E-state index in [4.69, 9.17) is 5.26 Å². The molecule has 1 aliphatic rings. The first-order valence-electron chi connectivity index (χ1n) is 5.74. The molecular formula is C13H17N3. The van der Waals surface area contributed by atoms with E-state index in [1.807, 2.05) is 6.92 Å². The largest absolute Gasteiger partial charge is 0.237 e. The van der Waals surface area contributed by atoms with Gasteiger partial charge in [0.1, 0.15) is 5.82 Å². The first kappa shape index (κ1) is 11.1. The van der Waals surface area contributed by atoms with E-state index in [-0.39, 0.29) is 0 Å². The summed E-state index contributed by atoms with van der Waals surface area (Å²) < 4.78 is 0. The van der Waals surface area contributed by atoms with E-state index in [9.17, 15) is 0 Å². The summed E-state index contributed by atoms with van der Waals surface area (Å²) in [5.74, 6) is 0.679. The van der Waals surface area contributed by atoms with Crippen LogP contribution in [-0.4, -0.2) is 9.97 Å². The summed E-state index contributed by atoms with van der Waals surface area (Å²) in [4.78, 5) is 8.90. The lowest BCUT2D eigenvalue weighted by Gasteiger charge is -2.31. The van der Waals surface area contributed by atoms with Gasteiger partial charge in [0.05, 0.1) is 12.5 Å². The molecule has 2 rings (SSSR count). The van der Waals surface area contributed by atoms with Gasteiger partial charge in [-0.25, -0.2) is 9.97 Å². The molecule has 1 aromatic rings. The second-order valence-corrected chi connectivity index (χ2v) is 5.33. The number of hydrogen-bond donors (Lipinski definition) is 0. The molecule has 3 nitrogen and oxygen atoms in total. The predicted molar refractivity (Wildman–Crippen MR) is 61.9 cm³/mol. The first-order valence-corrected chi connectivity index (χ1v) is 5.74. The second-order valence-electron chi connectivity index (χ2n) is 5.33. The highest BCUT2D eigenvalue weighted by Crippen LogP contribution is 2.34. The van der Waals surface area contributed by atoms with Crippen molar-refractivity contribution in [3.05, 3.63) is 22.8 Å². The Morgan fingerprint density at radius 3 is 2.81 bits per heavy atom. The van der Waals surface area contributed by atoms with Crippen molar-refractivity contribution in [3.63, 3.8) is 0 Å². The molecular weight excluding hydrogens is 198 g/mol. The van der Waals surface area contributed by atoms with Crippen molar-refractivity contribution >= 4 is 0 Å². The van der Waals surface area contributed by atoms with Crippen molar-refractivity contribution in [2.45, 2.75) is 46.5 Å². The van der Waals surface area contributed by atoms with Crippen molar-refractivity contribution in [2.24, 2.45) is 5.41 Å². The van der Waals surface area contributed by atoms with E-state index < -0.39 is 0 Å². The summed E-state index contributed by atoms with van der Waals surface area (Å²) in [5.41, 5.74) is 3.88. The number of fused-ring (bicyclic) bond motifs is 1. The minimum Gasteiger partial charge on any atom is -0.237 e. The molecule has 0 aliphatic heterocycles. The Morgan fingerprint density at radius 2 is 2.12 bits per heavy atom. The van der Waals surface area contributed by atoms with E-state index in [0.29, 0.717) is 17.7 Å². The van der Waals surface area contributed by atoms with Crippen LogP contribution in [-0.2, 0) is 19.3 Å². The summed E-state index contributed by atoms with van der Waals surface area (Å²) in [6.07, 6.45) is 3.56. The van der Waals surface area contributed by atoms with Crippen molar-refractivity contribution in [1.82, 2.24) is 9.97 Å². The Kier molecular flexibility index (Phi) is 2.67. The summed E-state index contributed by atoms with van der Waals surface area (Å²) >= 11 is 0. The minimum atomic E-state index is 0.317. The highest BCUT2D eigenvalue weighted by Gasteiger charge is 2.27. The van der Waals surface area contributed by atoms with Gasteiger partial charge in [-0.15, -0.1) is 0 Å². The molecule has 0 saturated carbocycles. The van der Waals surface area contributed by atoms with Crippen LogP contribution < -0.4 is 0 Å². The molecule has 0 atom stereocenters. The highest BCUT2D eigenvalue weighted by molar-refractivity contribution is 5.29. The standard InChI is InChI=1S/C13H17N3/c1-9-10-8-13(2,3)6-4-11(10)16-12(15-9)5-7-14/h4-6,8H2,1-3H3. The molecule has 1 aromatic heterocycles. The minimum absolute atomic E-state index is 0.317. The van der Waals surface area contributed by atoms with E-state index in [1.54, 1.807) is 0 Å². The highest BCUT2D eigenvalue weighted by atomic mass is 14.9. The van der Waals surface area contributed by atoms with Crippen molar-refractivity contribution in [3.8, 4) is 6.07 Å². The maximum absolute atomic E-state index is 8.67. The topological polar surface area (TPSA) is 49.6 Å². The van der Waals surface area contributed by atoms with E-state index in [0.717, 1.165) is 24.2 Å². The number of hydrogen-bond acceptors (Lipinski definition) is 3. The number of aromatic nitrogens is 2. The van der Waals surface area contributed by atoms with Gasteiger partial charge < -0.3 is 0 Å². The van der Waals surface area contributed by atoms with Gasteiger partial charge >= 0.3 is 0 Å². The summed E-state index contributed by atoms with van der Waals surface area (Å²) in [6.45, 7) is 6.61. The van der Waals surface area contributed by atoms with Gasteiger partial charge in [-0.2, -0.15) is 5.26 Å². The normalized spacial score (nSPS) is 17.6. The number of nitrogens with zero attached hydrogens (tertiary/aromatic N) is 3. The number of aryl methyl sites for hydroxylation is 2. The molecule has 0 amide bonds. The van der Waals surface area contributed by atoms with Crippen molar-refractivity contribution in [2.75, 3.05) is 0 Å². The molecule has 1 heterocycles. The lowest BCUT2D eigenvalue weighted by Crippen LogP contribution is -2.25. The molecule has 0 unspecified atom stereocenters. The molecule has 84 valence electrons. The Hall–Kier alpha value is -1.43. The van der Waals surface area contributed by atoms with Crippen LogP contribution in [0.1, 0.15) is 43.0 Å². The number of rotatable bonds is 1. The Bertz CT molecular complexity index is 455. The SMILES string of the molecule is Cc1nc(CC#N)nc2c1CC(C)(C)CC2. The third-order valence-electron chi connectivity index (χ3n) is 3.28. The van der Waals surface area contributed by atoms with Crippen LogP contribution in [0.3, 0.4) is 0 Å². The molecule has 1 aliphatic carbocycles. The van der Waals surface area contributed by atoms with Gasteiger partial charge in [-0.05, 0) is 37.2 Å². The average molecular weight is 215 g/mol. The smallest absolute Gasteiger partial charge is 0.142 e. The molecule has 0 N–H and O–H groups in total. The number of nitriles is 1. The zero-order valence-electron chi connectivity index (χ0n) is 10.2. The molecule has 0 saturated heterocycles. The second kappa shape index (κ2) is 3.86. The molecule has 0 radical (unpaired) electrons. The van der Waals surface area contributed by atoms with Gasteiger partial charge in [0.15, 0.2) is 0 Å². The van der Waals surface area contributed by atoms with Gasteiger partial charge in [0.2, 0.25) is 0 Å². The van der Waals surface area contributed by atoms with Crippen LogP contribution in [0.2, 0.25) is 0 Å². The fourth-order valence-corrected chi connectivity index (χ4v) is 2.33. The van der Waals surface area contributed by atoms with Crippen LogP contribution in [0.15, 0.2) is 0 Å². The van der Waals surface area contributed by atoms with Crippen LogP contribution in [0.4, 0.5) is 0 Å².